The van der Waals surface area contributed by atoms with E-state index < -0.39 is 0 Å². The molecule has 2 aliphatic heterocycles. The monoisotopic (exact) mass is 752 g/mol. The number of nitrogens with zero attached hydrogens (tertiary/aromatic N) is 6. The van der Waals surface area contributed by atoms with E-state index in [9.17, 15) is 9.59 Å². The van der Waals surface area contributed by atoms with E-state index in [4.69, 9.17) is 0 Å². The zero-order chi connectivity index (χ0) is 30.0. The largest absolute Gasteiger partial charge is 1.00 e. The van der Waals surface area contributed by atoms with Gasteiger partial charge in [0.05, 0.1) is 0 Å². The molecule has 0 radical (unpaired) electrons. The summed E-state index contributed by atoms with van der Waals surface area (Å²) in [5, 5.41) is 20.2. The number of halogens is 2. The summed E-state index contributed by atoms with van der Waals surface area (Å²) >= 11 is 4.02. The van der Waals surface area contributed by atoms with Gasteiger partial charge in [-0.05, 0) is 52.0 Å². The maximum Gasteiger partial charge on any atom is 1.00 e. The first-order valence-electron chi connectivity index (χ1n) is 12.8. The topological polar surface area (TPSA) is 118 Å². The van der Waals surface area contributed by atoms with Crippen LogP contribution in [-0.2, 0) is 39.8 Å². The van der Waals surface area contributed by atoms with Gasteiger partial charge in [0.1, 0.15) is 11.4 Å². The first kappa shape index (κ1) is 38.3. The van der Waals surface area contributed by atoms with Gasteiger partial charge in [-0.25, -0.2) is 0 Å². The van der Waals surface area contributed by atoms with Crippen LogP contribution in [0.25, 0.3) is 10.6 Å². The summed E-state index contributed by atoms with van der Waals surface area (Å²) in [6.45, 7) is 11.8. The van der Waals surface area contributed by atoms with Crippen molar-refractivity contribution in [2.45, 2.75) is 38.7 Å². The van der Waals surface area contributed by atoms with E-state index in [1.165, 1.54) is 23.5 Å². The molecular formula is C26H36Cl2Cu2N8O2S2+. The number of likely N-dealkylation sites (N-methyl/N-ethyl adjacent to an activating group) is 2. The molecule has 0 aromatic carbocycles. The molecule has 2 aliphatic carbocycles. The molecule has 4 rings (SSSR count). The summed E-state index contributed by atoms with van der Waals surface area (Å²) in [7, 11) is 8.23. The second kappa shape index (κ2) is 21.9. The molecule has 16 heteroatoms. The van der Waals surface area contributed by atoms with Crippen LogP contribution >= 0.6 is 23.5 Å². The predicted octanol–water partition coefficient (Wildman–Crippen LogP) is 3.80. The SMILES string of the molecule is CCN(CC)C1=CC(=O)/C(=N/NC2[N-]C=CS2)C=C1.CCN(CC)C1=CC(=O)/C(=N/NC2[N-]C=CS2)C=C1.[ClH+][Cu][ClH+].[Cu+]. The third kappa shape index (κ3) is 12.9. The van der Waals surface area contributed by atoms with E-state index in [0.717, 1.165) is 50.7 Å². The van der Waals surface area contributed by atoms with E-state index >= 15 is 0 Å². The Kier molecular flexibility index (Phi) is 19.9. The predicted molar refractivity (Wildman–Crippen MR) is 162 cm³/mol. The molecule has 0 saturated carbocycles. The Morgan fingerprint density at radius 3 is 1.38 bits per heavy atom. The molecule has 2 heterocycles. The van der Waals surface area contributed by atoms with Gasteiger partial charge in [-0.15, -0.1) is 23.5 Å². The molecule has 2 N–H and O–H groups in total. The summed E-state index contributed by atoms with van der Waals surface area (Å²) < 4.78 is 0. The molecule has 0 spiro atoms. The van der Waals surface area contributed by atoms with Gasteiger partial charge in [0.15, 0.2) is 0 Å². The first-order chi connectivity index (χ1) is 19.9. The average Bonchev–Trinajstić information content (AvgIpc) is 3.69. The van der Waals surface area contributed by atoms with E-state index in [0.29, 0.717) is 11.4 Å². The van der Waals surface area contributed by atoms with Gasteiger partial charge in [0.25, 0.3) is 0 Å². The summed E-state index contributed by atoms with van der Waals surface area (Å²) in [5.74, 6) is -0.152. The van der Waals surface area contributed by atoms with Crippen LogP contribution < -0.4 is 10.9 Å². The Hall–Kier alpha value is -1.76. The molecule has 42 heavy (non-hydrogen) atoms. The number of thioether (sulfide) groups is 2. The van der Waals surface area contributed by atoms with Crippen LogP contribution in [0.5, 0.6) is 0 Å². The van der Waals surface area contributed by atoms with Gasteiger partial charge in [0, 0.05) is 60.7 Å². The fraction of sp³-hybridized carbons (Fsp3) is 0.385. The van der Waals surface area contributed by atoms with Crippen LogP contribution in [0.1, 0.15) is 27.7 Å². The summed E-state index contributed by atoms with van der Waals surface area (Å²) in [5.41, 5.74) is 8.19. The minimum atomic E-state index is -0.123. The first-order valence-corrected chi connectivity index (χ1v) is 17.5. The number of ketones is 2. The average molecular weight is 755 g/mol. The molecule has 0 amide bonds. The summed E-state index contributed by atoms with van der Waals surface area (Å²) in [4.78, 5) is 28.2. The van der Waals surface area contributed by atoms with Crippen LogP contribution in [0.3, 0.4) is 0 Å². The summed E-state index contributed by atoms with van der Waals surface area (Å²) in [6, 6.07) is 0. The van der Waals surface area contributed by atoms with Crippen molar-refractivity contribution in [1.82, 2.24) is 20.7 Å². The Labute approximate surface area is 282 Å². The van der Waals surface area contributed by atoms with Gasteiger partial charge in [-0.1, -0.05) is 10.8 Å². The quantitative estimate of drug-likeness (QED) is 0.197. The number of allylic oxidation sites excluding steroid dienone is 6. The molecule has 0 bridgehead atoms. The van der Waals surface area contributed by atoms with E-state index in [2.05, 4.69) is 89.4 Å². The van der Waals surface area contributed by atoms with Crippen molar-refractivity contribution in [3.05, 3.63) is 81.7 Å². The van der Waals surface area contributed by atoms with E-state index in [1.807, 2.05) is 23.0 Å². The van der Waals surface area contributed by atoms with Crippen LogP contribution in [0.15, 0.2) is 81.3 Å². The zero-order valence-corrected chi connectivity index (χ0v) is 28.6. The van der Waals surface area contributed by atoms with Gasteiger partial charge >= 0.3 is 50.4 Å². The second-order valence-electron chi connectivity index (χ2n) is 8.03. The van der Waals surface area contributed by atoms with E-state index in [-0.39, 0.29) is 39.6 Å². The molecule has 239 valence electrons. The number of carbonyl (C=O) groups is 2. The Morgan fingerprint density at radius 1 is 0.762 bits per heavy atom. The van der Waals surface area contributed by atoms with Gasteiger partial charge < -0.3 is 31.3 Å². The number of hydrogen-bond donors (Lipinski definition) is 2. The maximum atomic E-state index is 12.0. The Balaban J connectivity index is 0.000000376. The molecule has 0 saturated heterocycles. The summed E-state index contributed by atoms with van der Waals surface area (Å²) in [6.07, 6.45) is 14.0. The van der Waals surface area contributed by atoms with Crippen LogP contribution in [0.4, 0.5) is 0 Å². The number of carbonyl (C=O) groups excluding carboxylic acids is 2. The number of hydrogen-bond acceptors (Lipinski definition) is 10. The van der Waals surface area contributed by atoms with Crippen molar-refractivity contribution in [1.29, 1.82) is 0 Å². The zero-order valence-electron chi connectivity index (χ0n) is 23.5. The second-order valence-corrected chi connectivity index (χ2v) is 11.8. The number of hydrazone groups is 2. The molecular weight excluding hydrogens is 718 g/mol. The maximum absolute atomic E-state index is 12.0. The minimum absolute atomic E-state index is 0. The molecule has 2 unspecified atom stereocenters. The third-order valence-corrected chi connectivity index (χ3v) is 7.24. The van der Waals surface area contributed by atoms with Crippen molar-refractivity contribution in [3.8, 4) is 0 Å². The normalized spacial score (nSPS) is 21.8. The van der Waals surface area contributed by atoms with Gasteiger partial charge in [-0.2, -0.15) is 22.6 Å². The van der Waals surface area contributed by atoms with Gasteiger partial charge in [0.2, 0.25) is 11.6 Å². The Bertz CT molecular complexity index is 1040. The van der Waals surface area contributed by atoms with Crippen molar-refractivity contribution in [3.63, 3.8) is 0 Å². The van der Waals surface area contributed by atoms with Gasteiger partial charge in [-0.3, -0.25) is 9.59 Å². The van der Waals surface area contributed by atoms with Crippen LogP contribution in [-0.4, -0.2) is 70.0 Å². The van der Waals surface area contributed by atoms with Crippen molar-refractivity contribution < 1.29 is 60.0 Å². The smallest absolute Gasteiger partial charge is 1.00 e. The number of nitrogens with one attached hydrogen (secondary N) is 2. The Morgan fingerprint density at radius 2 is 1.12 bits per heavy atom. The molecule has 10 nitrogen and oxygen atoms in total. The van der Waals surface area contributed by atoms with Crippen molar-refractivity contribution in [2.75, 3.05) is 26.2 Å². The fourth-order valence-corrected chi connectivity index (χ4v) is 4.74. The van der Waals surface area contributed by atoms with Crippen molar-refractivity contribution >= 4 is 46.5 Å². The molecule has 0 aromatic heterocycles. The molecule has 0 fully saturated rings. The molecule has 4 aliphatic rings. The third-order valence-electron chi connectivity index (χ3n) is 5.71. The molecule has 0 aromatic rings. The van der Waals surface area contributed by atoms with Crippen LogP contribution in [0, 0.1) is 20.2 Å². The minimum Gasteiger partial charge on any atom is 1.00 e. The standard InChI is InChI=1S/2C13H17N4OS.2ClH.2Cu/c2*1-3-17(4-2)10-5-6-11(12(18)9-10)15-16-13-14-7-8-19-13;;;;/h2*5-9,13H,3-4H2,1-2H3,(H,16,18);2*1H;;/q2*-1;;;+1;+2. The number of rotatable bonds is 10. The fourth-order valence-electron chi connectivity index (χ4n) is 3.65. The van der Waals surface area contributed by atoms with E-state index in [1.54, 1.807) is 36.7 Å². The van der Waals surface area contributed by atoms with Crippen molar-refractivity contribution in [2.24, 2.45) is 10.2 Å². The molecule has 2 atom stereocenters. The van der Waals surface area contributed by atoms with Crippen LogP contribution in [0.2, 0.25) is 0 Å².